The molecule has 0 aromatic carbocycles. The van der Waals surface area contributed by atoms with Gasteiger partial charge in [0, 0.05) is 19.6 Å². The molecule has 102 valence electrons. The van der Waals surface area contributed by atoms with Gasteiger partial charge in [0.15, 0.2) is 5.82 Å². The molecule has 4 nitrogen and oxygen atoms in total. The summed E-state index contributed by atoms with van der Waals surface area (Å²) >= 11 is 0. The molecular formula is C14H26N4. The van der Waals surface area contributed by atoms with Crippen molar-refractivity contribution in [3.05, 3.63) is 5.69 Å². The Kier molecular flexibility index (Phi) is 3.55. The molecule has 1 saturated heterocycles. The van der Waals surface area contributed by atoms with Gasteiger partial charge in [0.2, 0.25) is 0 Å². The van der Waals surface area contributed by atoms with Crippen molar-refractivity contribution in [1.82, 2.24) is 9.78 Å². The Morgan fingerprint density at radius 2 is 2.00 bits per heavy atom. The average Bonchev–Trinajstić information content (AvgIpc) is 2.48. The molecule has 18 heavy (non-hydrogen) atoms. The van der Waals surface area contributed by atoms with Crippen LogP contribution in [0.15, 0.2) is 0 Å². The monoisotopic (exact) mass is 250 g/mol. The molecule has 1 aliphatic rings. The summed E-state index contributed by atoms with van der Waals surface area (Å²) in [6.07, 6.45) is 3.75. The van der Waals surface area contributed by atoms with Crippen LogP contribution < -0.4 is 10.6 Å². The van der Waals surface area contributed by atoms with Crippen molar-refractivity contribution in [2.24, 2.45) is 5.41 Å². The normalized spacial score (nSPS) is 19.9. The van der Waals surface area contributed by atoms with E-state index in [2.05, 4.69) is 30.8 Å². The van der Waals surface area contributed by atoms with Crippen LogP contribution in [-0.2, 0) is 6.54 Å². The maximum absolute atomic E-state index is 6.20. The van der Waals surface area contributed by atoms with Gasteiger partial charge in [0.1, 0.15) is 0 Å². The Labute approximate surface area is 110 Å². The first kappa shape index (κ1) is 13.2. The van der Waals surface area contributed by atoms with E-state index in [0.717, 1.165) is 36.8 Å². The van der Waals surface area contributed by atoms with Crippen LogP contribution in [0.1, 0.15) is 45.7 Å². The van der Waals surface area contributed by atoms with E-state index >= 15 is 0 Å². The van der Waals surface area contributed by atoms with Gasteiger partial charge in [-0.05, 0) is 38.5 Å². The van der Waals surface area contributed by atoms with Crippen LogP contribution in [0.5, 0.6) is 0 Å². The summed E-state index contributed by atoms with van der Waals surface area (Å²) in [5, 5.41) is 4.52. The maximum atomic E-state index is 6.20. The highest BCUT2D eigenvalue weighted by Crippen LogP contribution is 2.34. The second kappa shape index (κ2) is 4.82. The average molecular weight is 250 g/mol. The molecule has 0 radical (unpaired) electrons. The zero-order chi connectivity index (χ0) is 13.3. The van der Waals surface area contributed by atoms with Crippen molar-refractivity contribution in [2.45, 2.75) is 53.5 Å². The number of anilines is 2. The minimum atomic E-state index is 0.454. The van der Waals surface area contributed by atoms with Gasteiger partial charge in [-0.25, -0.2) is 4.68 Å². The molecule has 0 bridgehead atoms. The highest BCUT2D eigenvalue weighted by Gasteiger charge is 2.26. The van der Waals surface area contributed by atoms with Crippen molar-refractivity contribution in [3.63, 3.8) is 0 Å². The summed E-state index contributed by atoms with van der Waals surface area (Å²) in [7, 11) is 0. The molecule has 2 heterocycles. The number of nitrogens with two attached hydrogens (primary N) is 1. The van der Waals surface area contributed by atoms with Crippen molar-refractivity contribution >= 4 is 11.5 Å². The van der Waals surface area contributed by atoms with E-state index in [1.807, 2.05) is 11.6 Å². The van der Waals surface area contributed by atoms with Crippen molar-refractivity contribution in [1.29, 1.82) is 0 Å². The minimum absolute atomic E-state index is 0.454. The van der Waals surface area contributed by atoms with Gasteiger partial charge in [0.25, 0.3) is 0 Å². The molecule has 0 saturated carbocycles. The van der Waals surface area contributed by atoms with E-state index < -0.39 is 0 Å². The molecule has 0 aliphatic carbocycles. The van der Waals surface area contributed by atoms with E-state index in [0.29, 0.717) is 5.41 Å². The maximum Gasteiger partial charge on any atom is 0.150 e. The lowest BCUT2D eigenvalue weighted by Gasteiger charge is -2.25. The fourth-order valence-corrected chi connectivity index (χ4v) is 2.77. The Bertz CT molecular complexity index is 420. The summed E-state index contributed by atoms with van der Waals surface area (Å²) in [5.41, 5.74) is 8.47. The first-order valence-electron chi connectivity index (χ1n) is 7.02. The standard InChI is InChI=1S/C14H26N4/c1-5-18-13(12(15)11(2)16-18)17-9-6-7-14(3,4)8-10-17/h5-10,15H2,1-4H3. The molecule has 1 aromatic rings. The quantitative estimate of drug-likeness (QED) is 0.878. The van der Waals surface area contributed by atoms with Crippen LogP contribution in [0.4, 0.5) is 11.5 Å². The minimum Gasteiger partial charge on any atom is -0.394 e. The number of hydrogen-bond donors (Lipinski definition) is 1. The van der Waals surface area contributed by atoms with Gasteiger partial charge in [-0.1, -0.05) is 13.8 Å². The van der Waals surface area contributed by atoms with E-state index in [1.54, 1.807) is 0 Å². The van der Waals surface area contributed by atoms with Crippen LogP contribution >= 0.6 is 0 Å². The molecule has 4 heteroatoms. The van der Waals surface area contributed by atoms with Crippen LogP contribution in [0.3, 0.4) is 0 Å². The fraction of sp³-hybridized carbons (Fsp3) is 0.786. The molecule has 0 unspecified atom stereocenters. The molecular weight excluding hydrogens is 224 g/mol. The van der Waals surface area contributed by atoms with E-state index in [1.165, 1.54) is 19.3 Å². The predicted molar refractivity (Wildman–Crippen MR) is 76.9 cm³/mol. The van der Waals surface area contributed by atoms with Gasteiger partial charge in [-0.3, -0.25) is 0 Å². The summed E-state index contributed by atoms with van der Waals surface area (Å²) < 4.78 is 2.04. The van der Waals surface area contributed by atoms with Crippen molar-refractivity contribution in [3.8, 4) is 0 Å². The number of rotatable bonds is 2. The third-order valence-corrected chi connectivity index (χ3v) is 4.09. The Hall–Kier alpha value is -1.19. The topological polar surface area (TPSA) is 47.1 Å². The van der Waals surface area contributed by atoms with Crippen LogP contribution in [0.2, 0.25) is 0 Å². The lowest BCUT2D eigenvalue weighted by molar-refractivity contribution is 0.325. The third-order valence-electron chi connectivity index (χ3n) is 4.09. The van der Waals surface area contributed by atoms with Crippen LogP contribution in [0.25, 0.3) is 0 Å². The summed E-state index contributed by atoms with van der Waals surface area (Å²) in [4.78, 5) is 2.42. The highest BCUT2D eigenvalue weighted by molar-refractivity contribution is 5.66. The molecule has 2 rings (SSSR count). The van der Waals surface area contributed by atoms with Gasteiger partial charge in [-0.2, -0.15) is 5.10 Å². The Balaban J connectivity index is 2.26. The molecule has 1 aromatic heterocycles. The molecule has 0 spiro atoms. The lowest BCUT2D eigenvalue weighted by atomic mass is 9.85. The fourth-order valence-electron chi connectivity index (χ4n) is 2.77. The summed E-state index contributed by atoms with van der Waals surface area (Å²) in [5.74, 6) is 1.13. The zero-order valence-electron chi connectivity index (χ0n) is 12.2. The third kappa shape index (κ3) is 2.47. The lowest BCUT2D eigenvalue weighted by Crippen LogP contribution is -2.28. The van der Waals surface area contributed by atoms with Gasteiger partial charge in [-0.15, -0.1) is 0 Å². The number of nitrogens with zero attached hydrogens (tertiary/aromatic N) is 3. The van der Waals surface area contributed by atoms with E-state index in [9.17, 15) is 0 Å². The van der Waals surface area contributed by atoms with Gasteiger partial charge < -0.3 is 10.6 Å². The van der Waals surface area contributed by atoms with Gasteiger partial charge >= 0.3 is 0 Å². The molecule has 1 aliphatic heterocycles. The first-order valence-corrected chi connectivity index (χ1v) is 7.02. The second-order valence-electron chi connectivity index (χ2n) is 6.14. The van der Waals surface area contributed by atoms with Gasteiger partial charge in [0.05, 0.1) is 11.4 Å². The van der Waals surface area contributed by atoms with E-state index in [-0.39, 0.29) is 0 Å². The number of nitrogen functional groups attached to an aromatic ring is 1. The number of aryl methyl sites for hydroxylation is 2. The second-order valence-corrected chi connectivity index (χ2v) is 6.14. The smallest absolute Gasteiger partial charge is 0.150 e. The highest BCUT2D eigenvalue weighted by atomic mass is 15.4. The first-order chi connectivity index (χ1) is 8.44. The predicted octanol–water partition coefficient (Wildman–Crippen LogP) is 2.81. The van der Waals surface area contributed by atoms with Crippen LogP contribution in [0, 0.1) is 12.3 Å². The largest absolute Gasteiger partial charge is 0.394 e. The van der Waals surface area contributed by atoms with Crippen LogP contribution in [-0.4, -0.2) is 22.9 Å². The Morgan fingerprint density at radius 1 is 1.28 bits per heavy atom. The Morgan fingerprint density at radius 3 is 2.67 bits per heavy atom. The molecule has 2 N–H and O–H groups in total. The number of hydrogen-bond acceptors (Lipinski definition) is 3. The molecule has 0 atom stereocenters. The van der Waals surface area contributed by atoms with Crippen molar-refractivity contribution in [2.75, 3.05) is 23.7 Å². The van der Waals surface area contributed by atoms with E-state index in [4.69, 9.17) is 5.73 Å². The summed E-state index contributed by atoms with van der Waals surface area (Å²) in [6.45, 7) is 11.9. The summed E-state index contributed by atoms with van der Waals surface area (Å²) in [6, 6.07) is 0. The number of aromatic nitrogens is 2. The van der Waals surface area contributed by atoms with Crippen molar-refractivity contribution < 1.29 is 0 Å². The zero-order valence-corrected chi connectivity index (χ0v) is 12.2. The molecule has 0 amide bonds. The SMILES string of the molecule is CCn1nc(C)c(N)c1N1CCCC(C)(C)CC1. The molecule has 1 fully saturated rings.